The molecule has 4 aromatic carbocycles. The number of hydrogen-bond acceptors (Lipinski definition) is 14. The van der Waals surface area contributed by atoms with Crippen LogP contribution >= 0.6 is 18.9 Å². The summed E-state index contributed by atoms with van der Waals surface area (Å²) in [6, 6.07) is 24.2. The number of benzene rings is 4. The Bertz CT molecular complexity index is 3830. The Balaban J connectivity index is 0.810. The van der Waals surface area contributed by atoms with Crippen LogP contribution in [0, 0.1) is 12.3 Å². The lowest BCUT2D eigenvalue weighted by Gasteiger charge is -2.39. The average molecular weight is 1350 g/mol. The summed E-state index contributed by atoms with van der Waals surface area (Å²) >= 11 is 1.55. The van der Waals surface area contributed by atoms with Crippen molar-refractivity contribution in [2.24, 2.45) is 11.1 Å². The fraction of sp³-hybridized carbons (Fsp3) is 0.435. The van der Waals surface area contributed by atoms with E-state index < -0.39 is 108 Å². The number of aliphatic hydroxyl groups excluding tert-OH is 1. The van der Waals surface area contributed by atoms with Gasteiger partial charge >= 0.3 is 7.60 Å². The minimum atomic E-state index is -5.15. The molecule has 25 nitrogen and oxygen atoms in total. The number of thiazole rings is 1. The molecule has 6 aromatic rings. The van der Waals surface area contributed by atoms with Gasteiger partial charge in [-0.15, -0.1) is 11.3 Å². The number of aryl methyl sites for hydroxylation is 1. The number of fused-ring (bicyclic) bond motifs is 2. The number of β-amino-alcohol motifs (C(OH)–C–C–N with tert-alkyl or cyclic N) is 1. The van der Waals surface area contributed by atoms with Crippen molar-refractivity contribution >= 4 is 88.5 Å². The lowest BCUT2D eigenvalue weighted by molar-refractivity contribution is -0.145. The van der Waals surface area contributed by atoms with E-state index in [0.717, 1.165) is 32.8 Å². The number of aliphatic hydroxyl groups is 1. The first kappa shape index (κ1) is 71.4. The van der Waals surface area contributed by atoms with Crippen molar-refractivity contribution in [2.75, 3.05) is 19.6 Å². The summed E-state index contributed by atoms with van der Waals surface area (Å²) in [6.45, 7) is 7.39. The summed E-state index contributed by atoms with van der Waals surface area (Å²) in [5, 5.41) is 25.4. The van der Waals surface area contributed by atoms with Crippen LogP contribution in [0.1, 0.15) is 154 Å². The number of rotatable bonds is 27. The number of nitrogens with two attached hydrogens (primary N) is 1. The highest BCUT2D eigenvalue weighted by Gasteiger charge is 2.47. The van der Waals surface area contributed by atoms with Crippen LogP contribution in [0.2, 0.25) is 0 Å². The predicted molar refractivity (Wildman–Crippen MR) is 358 cm³/mol. The molecule has 3 aliphatic heterocycles. The van der Waals surface area contributed by atoms with Crippen LogP contribution in [0.3, 0.4) is 0 Å². The van der Waals surface area contributed by atoms with Gasteiger partial charge in [-0.2, -0.15) is 0 Å². The lowest BCUT2D eigenvalue weighted by Crippen LogP contribution is -2.62. The second-order valence-corrected chi connectivity index (χ2v) is 28.4. The highest BCUT2D eigenvalue weighted by Crippen LogP contribution is 2.40. The molecular formula is C69H84N11O14PS. The van der Waals surface area contributed by atoms with Gasteiger partial charge in [0.2, 0.25) is 47.3 Å². The number of H-pyrrole nitrogens is 1. The molecule has 5 heterocycles. The third kappa shape index (κ3) is 18.1. The molecule has 0 saturated carbocycles. The fourth-order valence-corrected chi connectivity index (χ4v) is 14.0. The molecule has 3 fully saturated rings. The standard InChI is InChI=1S/C69H84N11O14PS/c1-41-60(96-40-72-41)45-24-22-42(23-25-45)37-71-64(87)55-36-49(81)38-79(55)67(90)61(69(2,3)4)76-57(83)20-14-6-5-7-15-21-58(84)78-33-32-48-27-30-54(65(88)74-51(29-31-56(70)82)62(85)77-59(43-16-10-8-11-17-43)44-18-12-9-13-19-44)80(48)66(89)53(39-78)75-63(86)52-35-47-34-46(26-28-50(47)73-52)68(91)95(92,93)94/h8-13,16-19,22-26,28,34-35,40,48-49,51,53-55,59,61,73,81H,5-7,14-15,20-21,27,29-33,36-39H2,1-4H3,(H2,70,82)(H,71,87)(H,74,88)(H,75,86)(H,76,83)(H,77,85)(H2,92,93,94)/t48-,49-,51+,53+,54+,55+,61-/m1/s1. The van der Waals surface area contributed by atoms with E-state index in [1.54, 1.807) is 16.8 Å². The molecule has 3 saturated heterocycles. The number of aromatic nitrogens is 2. The van der Waals surface area contributed by atoms with E-state index in [9.17, 15) is 62.6 Å². The number of unbranched alkanes of at least 4 members (excludes halogenated alkanes) is 4. The molecule has 510 valence electrons. The van der Waals surface area contributed by atoms with Gasteiger partial charge in [-0.25, -0.2) is 4.98 Å². The normalized spacial score (nSPS) is 18.8. The molecule has 0 bridgehead atoms. The van der Waals surface area contributed by atoms with Crippen molar-refractivity contribution in [3.05, 3.63) is 148 Å². The van der Waals surface area contributed by atoms with Gasteiger partial charge in [-0.1, -0.05) is 125 Å². The number of hydrogen-bond donors (Lipinski definition) is 10. The summed E-state index contributed by atoms with van der Waals surface area (Å²) in [6.07, 6.45) is 2.45. The number of amides is 9. The molecule has 9 rings (SSSR count). The SMILES string of the molecule is Cc1ncsc1-c1ccc(CNC(=O)[C@@H]2C[C@@H](O)CN2C(=O)[C@@H](NC(=O)CCCCCCCC(=O)N2CC[C@H]3CC[C@@H](C(=O)N[C@@H](CCC(N)=O)C(=O)NC(c4ccccc4)c4ccccc4)N3C(=O)[C@@H](NC(=O)c3cc4cc(C(=O)P(=O)(O)O)ccc4[nH]3)C2)C(C)(C)C)cc1. The molecule has 9 amide bonds. The maximum atomic E-state index is 15.1. The van der Waals surface area contributed by atoms with E-state index in [1.165, 1.54) is 39.0 Å². The van der Waals surface area contributed by atoms with Gasteiger partial charge in [0, 0.05) is 74.4 Å². The molecule has 0 spiro atoms. The summed E-state index contributed by atoms with van der Waals surface area (Å²) in [5.41, 5.74) is 9.44. The largest absolute Gasteiger partial charge is 0.396 e. The van der Waals surface area contributed by atoms with Crippen LogP contribution in [-0.2, 0) is 49.5 Å². The third-order valence-electron chi connectivity index (χ3n) is 17.9. The maximum Gasteiger partial charge on any atom is 0.396 e. The smallest absolute Gasteiger partial charge is 0.391 e. The highest BCUT2D eigenvalue weighted by atomic mass is 32.1. The number of carbonyl (C=O) groups is 10. The summed E-state index contributed by atoms with van der Waals surface area (Å²) in [7, 11) is -5.15. The molecule has 0 aliphatic carbocycles. The first-order valence-corrected chi connectivity index (χ1v) is 34.9. The Morgan fingerprint density at radius 1 is 0.771 bits per heavy atom. The molecule has 2 aromatic heterocycles. The number of aromatic amines is 1. The monoisotopic (exact) mass is 1350 g/mol. The van der Waals surface area contributed by atoms with E-state index in [1.807, 2.05) is 113 Å². The van der Waals surface area contributed by atoms with Crippen LogP contribution in [0.25, 0.3) is 21.3 Å². The van der Waals surface area contributed by atoms with Gasteiger partial charge in [0.1, 0.15) is 35.9 Å². The number of primary amides is 1. The second kappa shape index (κ2) is 31.7. The van der Waals surface area contributed by atoms with Crippen molar-refractivity contribution in [1.82, 2.24) is 51.3 Å². The molecule has 11 N–H and O–H groups in total. The second-order valence-electron chi connectivity index (χ2n) is 26.0. The maximum absolute atomic E-state index is 15.1. The minimum Gasteiger partial charge on any atom is -0.391 e. The fourth-order valence-electron chi connectivity index (χ4n) is 12.7. The van der Waals surface area contributed by atoms with E-state index in [-0.39, 0.29) is 99.6 Å². The van der Waals surface area contributed by atoms with E-state index >= 15 is 4.79 Å². The van der Waals surface area contributed by atoms with Crippen LogP contribution in [0.5, 0.6) is 0 Å². The molecular weight excluding hydrogens is 1270 g/mol. The van der Waals surface area contributed by atoms with Crippen LogP contribution in [0.4, 0.5) is 0 Å². The number of nitrogens with zero attached hydrogens (tertiary/aromatic N) is 4. The third-order valence-corrected chi connectivity index (χ3v) is 19.7. The molecule has 0 radical (unpaired) electrons. The average Bonchev–Trinajstić information content (AvgIpc) is 1.60. The van der Waals surface area contributed by atoms with Crippen molar-refractivity contribution < 1.29 is 67.4 Å². The van der Waals surface area contributed by atoms with Gasteiger partial charge in [0.15, 0.2) is 0 Å². The zero-order valence-corrected chi connectivity index (χ0v) is 55.9. The Kier molecular flexibility index (Phi) is 23.6. The van der Waals surface area contributed by atoms with Crippen molar-refractivity contribution in [1.29, 1.82) is 0 Å². The zero-order chi connectivity index (χ0) is 69.0. The van der Waals surface area contributed by atoms with Gasteiger partial charge in [-0.05, 0) is 97.4 Å². The Labute approximate surface area is 560 Å². The van der Waals surface area contributed by atoms with Gasteiger partial charge in [0.05, 0.1) is 28.2 Å². The number of likely N-dealkylation sites (tertiary alicyclic amines) is 1. The van der Waals surface area contributed by atoms with Gasteiger partial charge < -0.3 is 66.9 Å². The summed E-state index contributed by atoms with van der Waals surface area (Å²) in [4.78, 5) is 170. The summed E-state index contributed by atoms with van der Waals surface area (Å²) < 4.78 is 11.8. The Morgan fingerprint density at radius 3 is 2.07 bits per heavy atom. The quantitative estimate of drug-likeness (QED) is 0.0215. The molecule has 7 atom stereocenters. The minimum absolute atomic E-state index is 0.0479. The van der Waals surface area contributed by atoms with Gasteiger partial charge in [-0.3, -0.25) is 52.5 Å². The Morgan fingerprint density at radius 2 is 1.44 bits per heavy atom. The van der Waals surface area contributed by atoms with Crippen LogP contribution < -0.4 is 32.3 Å². The molecule has 27 heteroatoms. The zero-order valence-electron chi connectivity index (χ0n) is 54.2. The summed E-state index contributed by atoms with van der Waals surface area (Å²) in [5.74, 6) is -5.01. The van der Waals surface area contributed by atoms with E-state index in [4.69, 9.17) is 5.73 Å². The first-order valence-electron chi connectivity index (χ1n) is 32.4. The van der Waals surface area contributed by atoms with E-state index in [2.05, 4.69) is 36.6 Å². The number of nitrogens with one attached hydrogen (secondary N) is 6. The van der Waals surface area contributed by atoms with Gasteiger partial charge in [0.25, 0.3) is 11.4 Å². The topological polar surface area (TPSA) is 373 Å². The van der Waals surface area contributed by atoms with E-state index in [0.29, 0.717) is 44.0 Å². The molecule has 96 heavy (non-hydrogen) atoms. The van der Waals surface area contributed by atoms with Crippen LogP contribution in [0.15, 0.2) is 115 Å². The lowest BCUT2D eigenvalue weighted by atomic mass is 9.85. The number of carbonyl (C=O) groups excluding carboxylic acids is 10. The Hall–Kier alpha value is -8.94. The van der Waals surface area contributed by atoms with Crippen molar-refractivity contribution in [2.45, 2.75) is 166 Å². The van der Waals surface area contributed by atoms with Crippen LogP contribution in [-0.4, -0.2) is 160 Å². The van der Waals surface area contributed by atoms with Crippen molar-refractivity contribution in [3.8, 4) is 10.4 Å². The highest BCUT2D eigenvalue weighted by molar-refractivity contribution is 7.70. The van der Waals surface area contributed by atoms with Crippen molar-refractivity contribution in [3.63, 3.8) is 0 Å². The predicted octanol–water partition coefficient (Wildman–Crippen LogP) is 5.80. The molecule has 0 unspecified atom stereocenters. The molecule has 3 aliphatic rings. The first-order chi connectivity index (χ1) is 45.7.